The second kappa shape index (κ2) is 7.95. The van der Waals surface area contributed by atoms with Crippen LogP contribution in [0.2, 0.25) is 10.0 Å². The summed E-state index contributed by atoms with van der Waals surface area (Å²) in [6, 6.07) is 3.06. The van der Waals surface area contributed by atoms with Crippen molar-refractivity contribution in [1.82, 2.24) is 10.0 Å². The van der Waals surface area contributed by atoms with Gasteiger partial charge in [0, 0.05) is 18.2 Å². The van der Waals surface area contributed by atoms with E-state index in [0.29, 0.717) is 6.42 Å². The van der Waals surface area contributed by atoms with Gasteiger partial charge in [0.2, 0.25) is 15.9 Å². The maximum atomic E-state index is 12.2. The second-order valence-electron chi connectivity index (χ2n) is 4.29. The standard InChI is InChI=1S/C12H16Cl2N2O4S/c1-8(12(18)15-5-2-6-17)16-21(19,20)11-7-9(13)3-4-10(11)14/h3-4,7-8,16-17H,2,5-6H2,1H3,(H,15,18). The third kappa shape index (κ3) is 5.44. The van der Waals surface area contributed by atoms with Gasteiger partial charge in [0.15, 0.2) is 0 Å². The van der Waals surface area contributed by atoms with E-state index in [4.69, 9.17) is 28.3 Å². The number of benzene rings is 1. The van der Waals surface area contributed by atoms with Crippen LogP contribution in [-0.4, -0.2) is 38.6 Å². The molecule has 9 heteroatoms. The Morgan fingerprint density at radius 2 is 2.05 bits per heavy atom. The molecule has 1 unspecified atom stereocenters. The van der Waals surface area contributed by atoms with Crippen LogP contribution in [0.5, 0.6) is 0 Å². The molecule has 6 nitrogen and oxygen atoms in total. The molecule has 1 aromatic carbocycles. The summed E-state index contributed by atoms with van der Waals surface area (Å²) in [6.45, 7) is 1.61. The number of carbonyl (C=O) groups is 1. The number of hydrogen-bond donors (Lipinski definition) is 3. The number of halogens is 2. The van der Waals surface area contributed by atoms with E-state index in [1.807, 2.05) is 0 Å². The Kier molecular flexibility index (Phi) is 6.89. The summed E-state index contributed by atoms with van der Waals surface area (Å²) in [5, 5.41) is 11.4. The van der Waals surface area contributed by atoms with Gasteiger partial charge in [-0.2, -0.15) is 4.72 Å². The number of sulfonamides is 1. The minimum absolute atomic E-state index is 0.0137. The van der Waals surface area contributed by atoms with E-state index in [9.17, 15) is 13.2 Å². The van der Waals surface area contributed by atoms with Crippen LogP contribution in [0.3, 0.4) is 0 Å². The Morgan fingerprint density at radius 3 is 2.67 bits per heavy atom. The summed E-state index contributed by atoms with van der Waals surface area (Å²) in [6.07, 6.45) is 0.394. The molecule has 1 aromatic rings. The summed E-state index contributed by atoms with van der Waals surface area (Å²) >= 11 is 11.6. The van der Waals surface area contributed by atoms with Crippen molar-refractivity contribution < 1.29 is 18.3 Å². The van der Waals surface area contributed by atoms with E-state index in [-0.39, 0.29) is 28.1 Å². The summed E-state index contributed by atoms with van der Waals surface area (Å²) in [7, 11) is -3.96. The number of nitrogens with one attached hydrogen (secondary N) is 2. The molecule has 1 rings (SSSR count). The normalized spacial score (nSPS) is 13.0. The van der Waals surface area contributed by atoms with Crippen molar-refractivity contribution in [3.63, 3.8) is 0 Å². The molecule has 118 valence electrons. The number of amides is 1. The van der Waals surface area contributed by atoms with Crippen LogP contribution in [0, 0.1) is 0 Å². The first-order valence-electron chi connectivity index (χ1n) is 6.14. The van der Waals surface area contributed by atoms with Gasteiger partial charge < -0.3 is 10.4 Å². The van der Waals surface area contributed by atoms with Crippen molar-refractivity contribution in [1.29, 1.82) is 0 Å². The number of carbonyl (C=O) groups excluding carboxylic acids is 1. The molecule has 0 aromatic heterocycles. The summed E-state index contributed by atoms with van der Waals surface area (Å²) in [4.78, 5) is 11.5. The maximum Gasteiger partial charge on any atom is 0.242 e. The van der Waals surface area contributed by atoms with E-state index >= 15 is 0 Å². The van der Waals surface area contributed by atoms with E-state index in [1.54, 1.807) is 0 Å². The molecular weight excluding hydrogens is 339 g/mol. The van der Waals surface area contributed by atoms with Gasteiger partial charge in [0.05, 0.1) is 11.1 Å². The second-order valence-corrected chi connectivity index (χ2v) is 6.81. The van der Waals surface area contributed by atoms with Crippen molar-refractivity contribution in [2.24, 2.45) is 0 Å². The highest BCUT2D eigenvalue weighted by Crippen LogP contribution is 2.24. The Hall–Kier alpha value is -0.860. The first kappa shape index (κ1) is 18.2. The SMILES string of the molecule is CC(NS(=O)(=O)c1cc(Cl)ccc1Cl)C(=O)NCCCO. The Bertz CT molecular complexity index is 607. The molecule has 0 aliphatic rings. The molecule has 0 spiro atoms. The third-order valence-electron chi connectivity index (χ3n) is 2.54. The zero-order valence-corrected chi connectivity index (χ0v) is 13.6. The van der Waals surface area contributed by atoms with Gasteiger partial charge in [-0.25, -0.2) is 8.42 Å². The van der Waals surface area contributed by atoms with Gasteiger partial charge in [-0.15, -0.1) is 0 Å². The highest BCUT2D eigenvalue weighted by Gasteiger charge is 2.24. The highest BCUT2D eigenvalue weighted by molar-refractivity contribution is 7.89. The van der Waals surface area contributed by atoms with E-state index in [1.165, 1.54) is 25.1 Å². The lowest BCUT2D eigenvalue weighted by molar-refractivity contribution is -0.122. The first-order chi connectivity index (χ1) is 9.77. The fourth-order valence-electron chi connectivity index (χ4n) is 1.48. The fraction of sp³-hybridized carbons (Fsp3) is 0.417. The van der Waals surface area contributed by atoms with Crippen LogP contribution in [0.4, 0.5) is 0 Å². The molecule has 0 heterocycles. The van der Waals surface area contributed by atoms with Crippen LogP contribution in [0.1, 0.15) is 13.3 Å². The van der Waals surface area contributed by atoms with Crippen LogP contribution in [-0.2, 0) is 14.8 Å². The summed E-state index contributed by atoms with van der Waals surface area (Å²) < 4.78 is 26.6. The quantitative estimate of drug-likeness (QED) is 0.640. The molecule has 0 fully saturated rings. The molecule has 1 amide bonds. The molecule has 1 atom stereocenters. The van der Waals surface area contributed by atoms with Crippen LogP contribution in [0.15, 0.2) is 23.1 Å². The number of hydrogen-bond acceptors (Lipinski definition) is 4. The van der Waals surface area contributed by atoms with Crippen LogP contribution >= 0.6 is 23.2 Å². The van der Waals surface area contributed by atoms with Crippen molar-refractivity contribution in [2.45, 2.75) is 24.3 Å². The van der Waals surface area contributed by atoms with Gasteiger partial charge in [0.1, 0.15) is 4.90 Å². The molecule has 0 aliphatic carbocycles. The van der Waals surface area contributed by atoms with E-state index in [0.717, 1.165) is 0 Å². The predicted molar refractivity (Wildman–Crippen MR) is 81.0 cm³/mol. The molecule has 0 aliphatic heterocycles. The topological polar surface area (TPSA) is 95.5 Å². The average molecular weight is 355 g/mol. The molecule has 0 bridgehead atoms. The largest absolute Gasteiger partial charge is 0.396 e. The van der Waals surface area contributed by atoms with Crippen molar-refractivity contribution in [2.75, 3.05) is 13.2 Å². The minimum atomic E-state index is -3.96. The molecule has 0 radical (unpaired) electrons. The predicted octanol–water partition coefficient (Wildman–Crippen LogP) is 1.16. The summed E-state index contributed by atoms with van der Waals surface area (Å²) in [5.41, 5.74) is 0. The van der Waals surface area contributed by atoms with Gasteiger partial charge in [-0.1, -0.05) is 23.2 Å². The lowest BCUT2D eigenvalue weighted by Gasteiger charge is -2.15. The number of rotatable bonds is 7. The Balaban J connectivity index is 2.80. The molecular formula is C12H16Cl2N2O4S. The van der Waals surface area contributed by atoms with Gasteiger partial charge in [0.25, 0.3) is 0 Å². The van der Waals surface area contributed by atoms with Crippen LogP contribution in [0.25, 0.3) is 0 Å². The third-order valence-corrected chi connectivity index (χ3v) is 4.80. The monoisotopic (exact) mass is 354 g/mol. The molecule has 21 heavy (non-hydrogen) atoms. The van der Waals surface area contributed by atoms with E-state index < -0.39 is 22.0 Å². The average Bonchev–Trinajstić information content (AvgIpc) is 2.41. The zero-order chi connectivity index (χ0) is 16.0. The van der Waals surface area contributed by atoms with Crippen molar-refractivity contribution in [3.05, 3.63) is 28.2 Å². The minimum Gasteiger partial charge on any atom is -0.396 e. The van der Waals surface area contributed by atoms with Crippen molar-refractivity contribution in [3.8, 4) is 0 Å². The number of aliphatic hydroxyl groups excluding tert-OH is 1. The zero-order valence-electron chi connectivity index (χ0n) is 11.3. The highest BCUT2D eigenvalue weighted by atomic mass is 35.5. The van der Waals surface area contributed by atoms with Gasteiger partial charge in [-0.3, -0.25) is 4.79 Å². The fourth-order valence-corrected chi connectivity index (χ4v) is 3.44. The first-order valence-corrected chi connectivity index (χ1v) is 8.38. The Morgan fingerprint density at radius 1 is 1.38 bits per heavy atom. The molecule has 0 saturated carbocycles. The van der Waals surface area contributed by atoms with E-state index in [2.05, 4.69) is 10.0 Å². The van der Waals surface area contributed by atoms with Crippen LogP contribution < -0.4 is 10.0 Å². The lowest BCUT2D eigenvalue weighted by atomic mass is 10.3. The molecule has 0 saturated heterocycles. The maximum absolute atomic E-state index is 12.2. The van der Waals surface area contributed by atoms with Crippen molar-refractivity contribution >= 4 is 39.1 Å². The lowest BCUT2D eigenvalue weighted by Crippen LogP contribution is -2.45. The smallest absolute Gasteiger partial charge is 0.242 e. The number of aliphatic hydroxyl groups is 1. The van der Waals surface area contributed by atoms with Gasteiger partial charge in [-0.05, 0) is 31.5 Å². The summed E-state index contributed by atoms with van der Waals surface area (Å²) in [5.74, 6) is -0.495. The molecule has 3 N–H and O–H groups in total. The Labute approximate surface area is 133 Å². The van der Waals surface area contributed by atoms with Gasteiger partial charge >= 0.3 is 0 Å².